The van der Waals surface area contributed by atoms with Crippen molar-refractivity contribution < 1.29 is 4.74 Å². The van der Waals surface area contributed by atoms with Crippen LogP contribution < -0.4 is 0 Å². The molecule has 2 aliphatic rings. The fourth-order valence-corrected chi connectivity index (χ4v) is 2.62. The number of hydrogen-bond acceptors (Lipinski definition) is 2. The van der Waals surface area contributed by atoms with Crippen LogP contribution in [0.1, 0.15) is 32.1 Å². The van der Waals surface area contributed by atoms with E-state index in [2.05, 4.69) is 17.6 Å². The van der Waals surface area contributed by atoms with Gasteiger partial charge in [-0.3, -0.25) is 4.99 Å². The second-order valence-corrected chi connectivity index (χ2v) is 4.78. The van der Waals surface area contributed by atoms with Crippen LogP contribution >= 0.6 is 0 Å². The Bertz CT molecular complexity index is 346. The lowest BCUT2D eigenvalue weighted by molar-refractivity contribution is -0.0114. The van der Waals surface area contributed by atoms with Gasteiger partial charge in [-0.25, -0.2) is 0 Å². The fourth-order valence-electron chi connectivity index (χ4n) is 2.62. The molecule has 0 atom stereocenters. The third-order valence-electron chi connectivity index (χ3n) is 3.46. The first-order valence-electron chi connectivity index (χ1n) is 6.47. The van der Waals surface area contributed by atoms with E-state index in [1.807, 2.05) is 18.4 Å². The largest absolute Gasteiger partial charge is 0.371 e. The zero-order valence-corrected chi connectivity index (χ0v) is 10.4. The van der Waals surface area contributed by atoms with Crippen molar-refractivity contribution in [3.8, 4) is 0 Å². The molecule has 0 N–H and O–H groups in total. The van der Waals surface area contributed by atoms with Gasteiger partial charge in [0.2, 0.25) is 0 Å². The molecule has 0 unspecified atom stereocenters. The molecule has 17 heavy (non-hydrogen) atoms. The molecule has 0 saturated heterocycles. The Morgan fingerprint density at radius 1 is 1.35 bits per heavy atom. The minimum absolute atomic E-state index is 0.0695. The maximum absolute atomic E-state index is 5.95. The number of hydrogen-bond donors (Lipinski definition) is 0. The van der Waals surface area contributed by atoms with Crippen molar-refractivity contribution in [1.82, 2.24) is 0 Å². The molecule has 2 nitrogen and oxygen atoms in total. The first-order chi connectivity index (χ1) is 8.35. The van der Waals surface area contributed by atoms with Crippen molar-refractivity contribution in [1.29, 1.82) is 0 Å². The Morgan fingerprint density at radius 3 is 2.94 bits per heavy atom. The average Bonchev–Trinajstić information content (AvgIpc) is 2.77. The quantitative estimate of drug-likeness (QED) is 0.412. The summed E-state index contributed by atoms with van der Waals surface area (Å²) < 4.78 is 5.95. The maximum atomic E-state index is 5.95. The Balaban J connectivity index is 1.91. The summed E-state index contributed by atoms with van der Waals surface area (Å²) in [6.07, 6.45) is 15.8. The molecule has 1 spiro atoms. The highest BCUT2D eigenvalue weighted by atomic mass is 16.5. The highest BCUT2D eigenvalue weighted by Crippen LogP contribution is 2.38. The summed E-state index contributed by atoms with van der Waals surface area (Å²) in [4.78, 5) is 4.40. The maximum Gasteiger partial charge on any atom is 0.0865 e. The highest BCUT2D eigenvalue weighted by molar-refractivity contribution is 5.71. The van der Waals surface area contributed by atoms with Gasteiger partial charge >= 0.3 is 0 Å². The van der Waals surface area contributed by atoms with Gasteiger partial charge < -0.3 is 4.74 Å². The van der Waals surface area contributed by atoms with Gasteiger partial charge in [0, 0.05) is 6.21 Å². The number of ether oxygens (including phenoxy) is 1. The van der Waals surface area contributed by atoms with Gasteiger partial charge in [0.15, 0.2) is 0 Å². The van der Waals surface area contributed by atoms with Crippen LogP contribution in [0.3, 0.4) is 0 Å². The average molecular weight is 231 g/mol. The van der Waals surface area contributed by atoms with Crippen LogP contribution in [0.15, 0.2) is 41.4 Å². The van der Waals surface area contributed by atoms with Crippen molar-refractivity contribution in [3.05, 3.63) is 36.5 Å². The molecule has 1 saturated carbocycles. The Labute approximate surface area is 104 Å². The van der Waals surface area contributed by atoms with E-state index >= 15 is 0 Å². The minimum Gasteiger partial charge on any atom is -0.371 e. The summed E-state index contributed by atoms with van der Waals surface area (Å²) >= 11 is 0. The molecule has 0 aromatic heterocycles. The van der Waals surface area contributed by atoms with Gasteiger partial charge in [-0.2, -0.15) is 0 Å². The first kappa shape index (κ1) is 12.3. The molecule has 0 bridgehead atoms. The summed E-state index contributed by atoms with van der Waals surface area (Å²) in [5, 5.41) is 0. The standard InChI is InChI=1S/C15H21NO/c1-2-3-6-10-16-13-14-7-11-17-15(12-14)8-4-5-9-15/h2-3,6,10,12H,1,4-5,7-9,11,13H2/b6-3-,16-10-. The van der Waals surface area contributed by atoms with Crippen LogP contribution in [0, 0.1) is 0 Å². The molecule has 1 aliphatic carbocycles. The number of allylic oxidation sites excluding steroid dienone is 3. The van der Waals surface area contributed by atoms with E-state index in [-0.39, 0.29) is 5.60 Å². The topological polar surface area (TPSA) is 21.6 Å². The van der Waals surface area contributed by atoms with Crippen molar-refractivity contribution in [3.63, 3.8) is 0 Å². The zero-order valence-electron chi connectivity index (χ0n) is 10.4. The van der Waals surface area contributed by atoms with E-state index in [0.717, 1.165) is 19.6 Å². The van der Waals surface area contributed by atoms with Gasteiger partial charge in [-0.1, -0.05) is 37.6 Å². The van der Waals surface area contributed by atoms with Crippen molar-refractivity contribution in [2.75, 3.05) is 13.2 Å². The lowest BCUT2D eigenvalue weighted by Crippen LogP contribution is -2.31. The monoisotopic (exact) mass is 231 g/mol. The van der Waals surface area contributed by atoms with Crippen LogP contribution in [0.4, 0.5) is 0 Å². The van der Waals surface area contributed by atoms with Gasteiger partial charge in [0.1, 0.15) is 0 Å². The predicted molar refractivity (Wildman–Crippen MR) is 72.5 cm³/mol. The summed E-state index contributed by atoms with van der Waals surface area (Å²) in [5.41, 5.74) is 1.50. The van der Waals surface area contributed by atoms with Crippen LogP contribution in [-0.4, -0.2) is 25.0 Å². The third kappa shape index (κ3) is 3.40. The molecule has 0 aromatic carbocycles. The van der Waals surface area contributed by atoms with Crippen LogP contribution in [0.25, 0.3) is 0 Å². The fraction of sp³-hybridized carbons (Fsp3) is 0.533. The zero-order chi connectivity index (χ0) is 12.0. The van der Waals surface area contributed by atoms with Crippen LogP contribution in [-0.2, 0) is 4.74 Å². The van der Waals surface area contributed by atoms with E-state index in [0.29, 0.717) is 0 Å². The van der Waals surface area contributed by atoms with E-state index in [4.69, 9.17) is 4.74 Å². The van der Waals surface area contributed by atoms with Crippen molar-refractivity contribution in [2.24, 2.45) is 4.99 Å². The van der Waals surface area contributed by atoms with Gasteiger partial charge in [-0.15, -0.1) is 0 Å². The minimum atomic E-state index is 0.0695. The first-order valence-corrected chi connectivity index (χ1v) is 6.47. The van der Waals surface area contributed by atoms with E-state index in [1.54, 1.807) is 6.08 Å². The Hall–Kier alpha value is -1.15. The lowest BCUT2D eigenvalue weighted by Gasteiger charge is -2.31. The van der Waals surface area contributed by atoms with E-state index in [9.17, 15) is 0 Å². The van der Waals surface area contributed by atoms with E-state index < -0.39 is 0 Å². The Morgan fingerprint density at radius 2 is 2.18 bits per heavy atom. The molecular weight excluding hydrogens is 210 g/mol. The molecule has 2 rings (SSSR count). The van der Waals surface area contributed by atoms with Crippen molar-refractivity contribution >= 4 is 6.21 Å². The number of aliphatic imine (C=N–C) groups is 1. The molecule has 1 heterocycles. The van der Waals surface area contributed by atoms with Crippen LogP contribution in [0.5, 0.6) is 0 Å². The molecule has 1 fully saturated rings. The second kappa shape index (κ2) is 5.97. The molecule has 1 aliphatic heterocycles. The smallest absolute Gasteiger partial charge is 0.0865 e. The number of rotatable bonds is 4. The third-order valence-corrected chi connectivity index (χ3v) is 3.46. The summed E-state index contributed by atoms with van der Waals surface area (Å²) in [6, 6.07) is 0. The molecule has 2 heteroatoms. The second-order valence-electron chi connectivity index (χ2n) is 4.78. The molecular formula is C15H21NO. The molecule has 0 amide bonds. The summed E-state index contributed by atoms with van der Waals surface area (Å²) in [7, 11) is 0. The summed E-state index contributed by atoms with van der Waals surface area (Å²) in [6.45, 7) is 5.30. The van der Waals surface area contributed by atoms with Crippen molar-refractivity contribution in [2.45, 2.75) is 37.7 Å². The van der Waals surface area contributed by atoms with Crippen LogP contribution in [0.2, 0.25) is 0 Å². The number of nitrogens with zero attached hydrogens (tertiary/aromatic N) is 1. The summed E-state index contributed by atoms with van der Waals surface area (Å²) in [5.74, 6) is 0. The van der Waals surface area contributed by atoms with Gasteiger partial charge in [-0.05, 0) is 30.9 Å². The molecule has 0 radical (unpaired) electrons. The van der Waals surface area contributed by atoms with Gasteiger partial charge in [0.25, 0.3) is 0 Å². The molecule has 0 aromatic rings. The van der Waals surface area contributed by atoms with E-state index in [1.165, 1.54) is 31.3 Å². The normalized spacial score (nSPS) is 23.6. The van der Waals surface area contributed by atoms with Gasteiger partial charge in [0.05, 0.1) is 18.8 Å². The predicted octanol–water partition coefficient (Wildman–Crippen LogP) is 3.46. The SMILES string of the molecule is C=C/C=C\C=N/CC1=CC2(CCCC2)OCC1. The molecule has 92 valence electrons. The Kier molecular flexibility index (Phi) is 4.32. The lowest BCUT2D eigenvalue weighted by atomic mass is 9.94. The highest BCUT2D eigenvalue weighted by Gasteiger charge is 2.34.